The Morgan fingerprint density at radius 1 is 0.955 bits per heavy atom. The molecule has 4 nitrogen and oxygen atoms in total. The van der Waals surface area contributed by atoms with Crippen LogP contribution < -0.4 is 10.6 Å². The Balaban J connectivity index is 2.16. The monoisotopic (exact) mass is 336 g/mol. The molecule has 2 N–H and O–H groups in total. The van der Waals surface area contributed by atoms with E-state index in [1.807, 2.05) is 6.92 Å². The fourth-order valence-electron chi connectivity index (χ4n) is 1.84. The quantitative estimate of drug-likeness (QED) is 0.886. The normalized spacial score (nSPS) is 10.1. The molecule has 2 aromatic carbocycles. The topological polar surface area (TPSA) is 58.2 Å². The van der Waals surface area contributed by atoms with Gasteiger partial charge in [0, 0.05) is 23.4 Å². The van der Waals surface area contributed by atoms with Gasteiger partial charge in [-0.15, -0.1) is 0 Å². The lowest BCUT2D eigenvalue weighted by Crippen LogP contribution is -2.22. The largest absolute Gasteiger partial charge is 0.352 e. The maximum atomic E-state index is 12.2. The number of rotatable bonds is 4. The number of anilines is 1. The SMILES string of the molecule is CCNC(=O)c1cccc(NC(=O)c2ccc(Cl)c(Cl)c2)c1. The van der Waals surface area contributed by atoms with E-state index < -0.39 is 0 Å². The van der Waals surface area contributed by atoms with Crippen molar-refractivity contribution in [3.8, 4) is 0 Å². The van der Waals surface area contributed by atoms with Crippen LogP contribution in [0.25, 0.3) is 0 Å². The summed E-state index contributed by atoms with van der Waals surface area (Å²) in [6.45, 7) is 2.38. The predicted molar refractivity (Wildman–Crippen MR) is 88.9 cm³/mol. The van der Waals surface area contributed by atoms with Crippen molar-refractivity contribution in [2.75, 3.05) is 11.9 Å². The van der Waals surface area contributed by atoms with Crippen molar-refractivity contribution in [2.24, 2.45) is 0 Å². The summed E-state index contributed by atoms with van der Waals surface area (Å²) in [5.41, 5.74) is 1.39. The molecule has 114 valence electrons. The predicted octanol–water partition coefficient (Wildman–Crippen LogP) is 4.00. The van der Waals surface area contributed by atoms with Crippen LogP contribution in [0.5, 0.6) is 0 Å². The lowest BCUT2D eigenvalue weighted by Gasteiger charge is -2.08. The molecule has 2 amide bonds. The van der Waals surface area contributed by atoms with E-state index >= 15 is 0 Å². The van der Waals surface area contributed by atoms with E-state index in [1.54, 1.807) is 36.4 Å². The van der Waals surface area contributed by atoms with Crippen molar-refractivity contribution in [3.05, 3.63) is 63.6 Å². The maximum Gasteiger partial charge on any atom is 0.255 e. The fourth-order valence-corrected chi connectivity index (χ4v) is 2.14. The van der Waals surface area contributed by atoms with Crippen molar-refractivity contribution in [1.82, 2.24) is 5.32 Å². The van der Waals surface area contributed by atoms with Gasteiger partial charge in [0.2, 0.25) is 0 Å². The highest BCUT2D eigenvalue weighted by Gasteiger charge is 2.10. The molecule has 0 saturated carbocycles. The zero-order chi connectivity index (χ0) is 16.1. The van der Waals surface area contributed by atoms with Gasteiger partial charge >= 0.3 is 0 Å². The number of carbonyl (C=O) groups excluding carboxylic acids is 2. The van der Waals surface area contributed by atoms with Crippen molar-refractivity contribution in [1.29, 1.82) is 0 Å². The number of halogens is 2. The van der Waals surface area contributed by atoms with E-state index in [0.717, 1.165) is 0 Å². The van der Waals surface area contributed by atoms with Crippen molar-refractivity contribution in [2.45, 2.75) is 6.92 Å². The van der Waals surface area contributed by atoms with Crippen LogP contribution in [-0.2, 0) is 0 Å². The van der Waals surface area contributed by atoms with Crippen LogP contribution in [0.3, 0.4) is 0 Å². The van der Waals surface area contributed by atoms with E-state index in [1.165, 1.54) is 6.07 Å². The van der Waals surface area contributed by atoms with Gasteiger partial charge < -0.3 is 10.6 Å². The second-order valence-electron chi connectivity index (χ2n) is 4.52. The summed E-state index contributed by atoms with van der Waals surface area (Å²) in [5.74, 6) is -0.514. The number of carbonyl (C=O) groups is 2. The summed E-state index contributed by atoms with van der Waals surface area (Å²) in [4.78, 5) is 23.9. The van der Waals surface area contributed by atoms with Crippen molar-refractivity contribution < 1.29 is 9.59 Å². The minimum absolute atomic E-state index is 0.187. The molecule has 0 aliphatic rings. The fraction of sp³-hybridized carbons (Fsp3) is 0.125. The molecule has 0 aromatic heterocycles. The smallest absolute Gasteiger partial charge is 0.255 e. The van der Waals surface area contributed by atoms with Crippen molar-refractivity contribution >= 4 is 40.7 Å². The molecule has 0 unspecified atom stereocenters. The van der Waals surface area contributed by atoms with E-state index in [4.69, 9.17) is 23.2 Å². The summed E-state index contributed by atoms with van der Waals surface area (Å²) >= 11 is 11.7. The summed E-state index contributed by atoms with van der Waals surface area (Å²) in [5, 5.41) is 6.12. The zero-order valence-electron chi connectivity index (χ0n) is 11.8. The molecule has 0 aliphatic heterocycles. The number of amides is 2. The van der Waals surface area contributed by atoms with Gasteiger partial charge in [-0.25, -0.2) is 0 Å². The molecular weight excluding hydrogens is 323 g/mol. The van der Waals surface area contributed by atoms with Gasteiger partial charge in [-0.1, -0.05) is 29.3 Å². The van der Waals surface area contributed by atoms with Crippen LogP contribution in [0.2, 0.25) is 10.0 Å². The number of hydrogen-bond donors (Lipinski definition) is 2. The second kappa shape index (κ2) is 7.29. The third-order valence-corrected chi connectivity index (χ3v) is 3.64. The molecule has 0 radical (unpaired) electrons. The summed E-state index contributed by atoms with van der Waals surface area (Å²) in [6.07, 6.45) is 0. The van der Waals surface area contributed by atoms with Gasteiger partial charge in [-0.05, 0) is 43.3 Å². The van der Waals surface area contributed by atoms with Gasteiger partial charge in [0.15, 0.2) is 0 Å². The van der Waals surface area contributed by atoms with Gasteiger partial charge in [0.05, 0.1) is 10.0 Å². The van der Waals surface area contributed by atoms with Crippen LogP contribution in [0.1, 0.15) is 27.6 Å². The van der Waals surface area contributed by atoms with Gasteiger partial charge in [0.1, 0.15) is 0 Å². The van der Waals surface area contributed by atoms with Crippen LogP contribution in [0.4, 0.5) is 5.69 Å². The number of hydrogen-bond acceptors (Lipinski definition) is 2. The molecule has 2 rings (SSSR count). The van der Waals surface area contributed by atoms with Crippen LogP contribution in [0, 0.1) is 0 Å². The van der Waals surface area contributed by atoms with E-state index in [2.05, 4.69) is 10.6 Å². The Kier molecular flexibility index (Phi) is 5.41. The number of benzene rings is 2. The average Bonchev–Trinajstić information content (AvgIpc) is 2.50. The molecule has 0 fully saturated rings. The molecule has 0 heterocycles. The third kappa shape index (κ3) is 4.00. The molecule has 0 atom stereocenters. The van der Waals surface area contributed by atoms with Gasteiger partial charge in [0.25, 0.3) is 11.8 Å². The summed E-state index contributed by atoms with van der Waals surface area (Å²) < 4.78 is 0. The molecule has 0 spiro atoms. The summed E-state index contributed by atoms with van der Waals surface area (Å²) in [6, 6.07) is 11.3. The van der Waals surface area contributed by atoms with Gasteiger partial charge in [-0.2, -0.15) is 0 Å². The first-order valence-electron chi connectivity index (χ1n) is 6.66. The lowest BCUT2D eigenvalue weighted by molar-refractivity contribution is 0.0954. The van der Waals surface area contributed by atoms with E-state index in [0.29, 0.717) is 33.4 Å². The maximum absolute atomic E-state index is 12.2. The Morgan fingerprint density at radius 3 is 2.36 bits per heavy atom. The molecule has 6 heteroatoms. The highest BCUT2D eigenvalue weighted by atomic mass is 35.5. The van der Waals surface area contributed by atoms with E-state index in [9.17, 15) is 9.59 Å². The first-order valence-corrected chi connectivity index (χ1v) is 7.41. The Bertz CT molecular complexity index is 717. The van der Waals surface area contributed by atoms with Crippen LogP contribution in [0.15, 0.2) is 42.5 Å². The summed E-state index contributed by atoms with van der Waals surface area (Å²) in [7, 11) is 0. The Hall–Kier alpha value is -2.04. The molecule has 22 heavy (non-hydrogen) atoms. The highest BCUT2D eigenvalue weighted by Crippen LogP contribution is 2.23. The minimum Gasteiger partial charge on any atom is -0.352 e. The zero-order valence-corrected chi connectivity index (χ0v) is 13.3. The third-order valence-electron chi connectivity index (χ3n) is 2.90. The molecule has 0 saturated heterocycles. The van der Waals surface area contributed by atoms with Crippen LogP contribution >= 0.6 is 23.2 Å². The Morgan fingerprint density at radius 2 is 1.68 bits per heavy atom. The standard InChI is InChI=1S/C16H14Cl2N2O2/c1-2-19-15(21)10-4-3-5-12(8-10)20-16(22)11-6-7-13(17)14(18)9-11/h3-9H,2H2,1H3,(H,19,21)(H,20,22). The van der Waals surface area contributed by atoms with E-state index in [-0.39, 0.29) is 11.8 Å². The first kappa shape index (κ1) is 16.3. The second-order valence-corrected chi connectivity index (χ2v) is 5.34. The van der Waals surface area contributed by atoms with Crippen molar-refractivity contribution in [3.63, 3.8) is 0 Å². The Labute approximate surface area is 138 Å². The van der Waals surface area contributed by atoms with Gasteiger partial charge in [-0.3, -0.25) is 9.59 Å². The van der Waals surface area contributed by atoms with Crippen LogP contribution in [-0.4, -0.2) is 18.4 Å². The lowest BCUT2D eigenvalue weighted by atomic mass is 10.1. The first-order chi connectivity index (χ1) is 10.5. The molecular formula is C16H14Cl2N2O2. The average molecular weight is 337 g/mol. The number of nitrogens with one attached hydrogen (secondary N) is 2. The molecule has 0 aliphatic carbocycles. The highest BCUT2D eigenvalue weighted by molar-refractivity contribution is 6.42. The molecule has 0 bridgehead atoms. The molecule has 2 aromatic rings. The minimum atomic E-state index is -0.327.